The highest BCUT2D eigenvalue weighted by molar-refractivity contribution is 7.80. The van der Waals surface area contributed by atoms with E-state index in [0.29, 0.717) is 28.2 Å². The molecule has 0 aliphatic carbocycles. The quantitative estimate of drug-likeness (QED) is 0.462. The van der Waals surface area contributed by atoms with Gasteiger partial charge in [-0.1, -0.05) is 47.5 Å². The molecule has 4 rings (SSSR count). The van der Waals surface area contributed by atoms with Crippen molar-refractivity contribution < 1.29 is 4.39 Å². The lowest BCUT2D eigenvalue weighted by molar-refractivity contribution is 0.175. The van der Waals surface area contributed by atoms with Crippen LogP contribution in [0, 0.1) is 19.7 Å². The number of hydrogen-bond acceptors (Lipinski definition) is 3. The van der Waals surface area contributed by atoms with Crippen LogP contribution in [0.2, 0.25) is 10.0 Å². The summed E-state index contributed by atoms with van der Waals surface area (Å²) < 4.78 is 15.9. The Hall–Kier alpha value is -2.19. The molecule has 5 nitrogen and oxygen atoms in total. The molecule has 1 saturated heterocycles. The van der Waals surface area contributed by atoms with Crippen LogP contribution in [0.4, 0.5) is 10.1 Å². The first-order valence-corrected chi connectivity index (χ1v) is 12.0. The van der Waals surface area contributed by atoms with Gasteiger partial charge in [0.25, 0.3) is 0 Å². The van der Waals surface area contributed by atoms with Crippen LogP contribution in [-0.4, -0.2) is 50.9 Å². The molecule has 174 valence electrons. The lowest BCUT2D eigenvalue weighted by Gasteiger charge is -2.36. The average molecular weight is 506 g/mol. The van der Waals surface area contributed by atoms with E-state index < -0.39 is 0 Å². The van der Waals surface area contributed by atoms with Crippen molar-refractivity contribution in [2.75, 3.05) is 31.5 Å². The van der Waals surface area contributed by atoms with Crippen LogP contribution < -0.4 is 5.32 Å². The lowest BCUT2D eigenvalue weighted by atomic mass is 10.2. The first-order valence-electron chi connectivity index (χ1n) is 10.8. The Balaban J connectivity index is 1.36. The van der Waals surface area contributed by atoms with E-state index in [2.05, 4.69) is 20.2 Å². The Kier molecular flexibility index (Phi) is 7.54. The molecular weight excluding hydrogens is 480 g/mol. The highest BCUT2D eigenvalue weighted by Gasteiger charge is 2.22. The lowest BCUT2D eigenvalue weighted by Crippen LogP contribution is -2.49. The molecule has 0 atom stereocenters. The summed E-state index contributed by atoms with van der Waals surface area (Å²) >= 11 is 18.1. The van der Waals surface area contributed by atoms with E-state index >= 15 is 0 Å². The third-order valence-corrected chi connectivity index (χ3v) is 6.91. The summed E-state index contributed by atoms with van der Waals surface area (Å²) in [6.07, 6.45) is 0. The first-order chi connectivity index (χ1) is 15.8. The zero-order valence-corrected chi connectivity index (χ0v) is 20.9. The topological polar surface area (TPSA) is 36.3 Å². The molecule has 1 fully saturated rings. The minimum absolute atomic E-state index is 0.153. The zero-order valence-electron chi connectivity index (χ0n) is 18.6. The summed E-state index contributed by atoms with van der Waals surface area (Å²) in [4.78, 5) is 4.40. The van der Waals surface area contributed by atoms with Crippen molar-refractivity contribution >= 4 is 46.2 Å². The number of benzene rings is 2. The Labute approximate surface area is 209 Å². The van der Waals surface area contributed by atoms with Gasteiger partial charge in [0.05, 0.1) is 23.6 Å². The standard InChI is InChI=1S/C24H26Cl2FN5S/c1-16-23(17(2)32(29-16)15-18-7-8-20(25)13-21(18)26)28-24(33)31-11-9-30(10-12-31)14-19-5-3-4-6-22(19)27/h3-8,13H,9-12,14-15H2,1-2H3,(H,28,33). The summed E-state index contributed by atoms with van der Waals surface area (Å²) in [6.45, 7) is 8.35. The van der Waals surface area contributed by atoms with Gasteiger partial charge < -0.3 is 10.2 Å². The maximum atomic E-state index is 14.0. The van der Waals surface area contributed by atoms with Crippen molar-refractivity contribution in [1.29, 1.82) is 0 Å². The first kappa shape index (κ1) is 24.0. The fourth-order valence-electron chi connectivity index (χ4n) is 4.01. The van der Waals surface area contributed by atoms with Crippen molar-refractivity contribution in [3.05, 3.63) is 80.8 Å². The summed E-state index contributed by atoms with van der Waals surface area (Å²) in [6, 6.07) is 12.4. The fourth-order valence-corrected chi connectivity index (χ4v) is 4.76. The summed E-state index contributed by atoms with van der Waals surface area (Å²) in [5.74, 6) is -0.153. The molecule has 1 aliphatic heterocycles. The van der Waals surface area contributed by atoms with Crippen molar-refractivity contribution in [3.8, 4) is 0 Å². The van der Waals surface area contributed by atoms with Crippen LogP contribution in [0.5, 0.6) is 0 Å². The van der Waals surface area contributed by atoms with E-state index in [1.807, 2.05) is 42.8 Å². The maximum Gasteiger partial charge on any atom is 0.173 e. The molecule has 0 bridgehead atoms. The molecule has 2 aromatic carbocycles. The Morgan fingerprint density at radius 1 is 1.03 bits per heavy atom. The van der Waals surface area contributed by atoms with Gasteiger partial charge in [0, 0.05) is 48.3 Å². The molecule has 33 heavy (non-hydrogen) atoms. The SMILES string of the molecule is Cc1nn(Cc2ccc(Cl)cc2Cl)c(C)c1NC(=S)N1CCN(Cc2ccccc2F)CC1. The largest absolute Gasteiger partial charge is 0.346 e. The maximum absolute atomic E-state index is 14.0. The normalized spacial score (nSPS) is 14.5. The highest BCUT2D eigenvalue weighted by Crippen LogP contribution is 2.25. The monoisotopic (exact) mass is 505 g/mol. The van der Waals surface area contributed by atoms with Gasteiger partial charge in [0.2, 0.25) is 0 Å². The number of nitrogens with one attached hydrogen (secondary N) is 1. The molecule has 3 aromatic rings. The Morgan fingerprint density at radius 3 is 2.45 bits per heavy atom. The fraction of sp³-hybridized carbons (Fsp3) is 0.333. The number of piperazine rings is 1. The molecule has 0 saturated carbocycles. The van der Waals surface area contributed by atoms with Crippen LogP contribution in [0.3, 0.4) is 0 Å². The van der Waals surface area contributed by atoms with Crippen molar-refractivity contribution in [3.63, 3.8) is 0 Å². The van der Waals surface area contributed by atoms with E-state index in [4.69, 9.17) is 35.4 Å². The number of hydrogen-bond donors (Lipinski definition) is 1. The predicted molar refractivity (Wildman–Crippen MR) is 137 cm³/mol. The Bertz CT molecular complexity index is 1160. The molecule has 1 N–H and O–H groups in total. The summed E-state index contributed by atoms with van der Waals surface area (Å²) in [7, 11) is 0. The molecule has 1 aliphatic rings. The van der Waals surface area contributed by atoms with Crippen LogP contribution >= 0.6 is 35.4 Å². The van der Waals surface area contributed by atoms with Gasteiger partial charge in [-0.05, 0) is 49.8 Å². The number of halogens is 3. The summed E-state index contributed by atoms with van der Waals surface area (Å²) in [5.41, 5.74) is 4.45. The molecule has 0 radical (unpaired) electrons. The van der Waals surface area contributed by atoms with Gasteiger partial charge in [-0.25, -0.2) is 4.39 Å². The average Bonchev–Trinajstić information content (AvgIpc) is 3.05. The third kappa shape index (κ3) is 5.66. The van der Waals surface area contributed by atoms with E-state index in [0.717, 1.165) is 54.4 Å². The number of aryl methyl sites for hydroxylation is 1. The Morgan fingerprint density at radius 2 is 1.76 bits per heavy atom. The molecule has 0 unspecified atom stereocenters. The number of thiocarbonyl (C=S) groups is 1. The number of nitrogens with zero attached hydrogens (tertiary/aromatic N) is 4. The minimum atomic E-state index is -0.153. The number of anilines is 1. The van der Waals surface area contributed by atoms with Gasteiger partial charge in [-0.15, -0.1) is 0 Å². The van der Waals surface area contributed by atoms with Crippen LogP contribution in [-0.2, 0) is 13.1 Å². The van der Waals surface area contributed by atoms with E-state index in [1.165, 1.54) is 6.07 Å². The molecule has 1 aromatic heterocycles. The minimum Gasteiger partial charge on any atom is -0.346 e. The molecule has 2 heterocycles. The molecular formula is C24H26Cl2FN5S. The second kappa shape index (κ2) is 10.4. The van der Waals surface area contributed by atoms with E-state index in [1.54, 1.807) is 12.1 Å². The molecule has 0 spiro atoms. The van der Waals surface area contributed by atoms with E-state index in [-0.39, 0.29) is 5.82 Å². The second-order valence-corrected chi connectivity index (χ2v) is 9.45. The predicted octanol–water partition coefficient (Wildman–Crippen LogP) is 5.51. The molecule has 0 amide bonds. The van der Waals surface area contributed by atoms with Gasteiger partial charge in [-0.2, -0.15) is 5.10 Å². The van der Waals surface area contributed by atoms with Gasteiger partial charge in [-0.3, -0.25) is 9.58 Å². The van der Waals surface area contributed by atoms with Crippen LogP contribution in [0.15, 0.2) is 42.5 Å². The van der Waals surface area contributed by atoms with Gasteiger partial charge in [0.1, 0.15) is 5.82 Å². The number of aromatic nitrogens is 2. The van der Waals surface area contributed by atoms with Crippen molar-refractivity contribution in [2.45, 2.75) is 26.9 Å². The van der Waals surface area contributed by atoms with Crippen molar-refractivity contribution in [2.24, 2.45) is 0 Å². The highest BCUT2D eigenvalue weighted by atomic mass is 35.5. The smallest absolute Gasteiger partial charge is 0.173 e. The van der Waals surface area contributed by atoms with Crippen LogP contribution in [0.1, 0.15) is 22.5 Å². The van der Waals surface area contributed by atoms with Gasteiger partial charge >= 0.3 is 0 Å². The summed E-state index contributed by atoms with van der Waals surface area (Å²) in [5, 5.41) is 9.97. The van der Waals surface area contributed by atoms with E-state index in [9.17, 15) is 4.39 Å². The number of rotatable bonds is 5. The van der Waals surface area contributed by atoms with Crippen molar-refractivity contribution in [1.82, 2.24) is 19.6 Å². The second-order valence-electron chi connectivity index (χ2n) is 8.22. The zero-order chi connectivity index (χ0) is 23.5. The van der Waals surface area contributed by atoms with Crippen LogP contribution in [0.25, 0.3) is 0 Å². The molecule has 9 heteroatoms. The van der Waals surface area contributed by atoms with Gasteiger partial charge in [0.15, 0.2) is 5.11 Å². The third-order valence-electron chi connectivity index (χ3n) is 5.96.